The molecule has 0 saturated carbocycles. The molecular formula is C28H29ClF3N3O5S. The predicted octanol–water partition coefficient (Wildman–Crippen LogP) is 5.12. The molecule has 0 aliphatic heterocycles. The summed E-state index contributed by atoms with van der Waals surface area (Å²) in [5.74, 6) is -0.731. The zero-order valence-electron chi connectivity index (χ0n) is 22.5. The molecule has 0 fully saturated rings. The third-order valence-corrected chi connectivity index (χ3v) is 8.42. The van der Waals surface area contributed by atoms with Crippen LogP contribution in [0.25, 0.3) is 0 Å². The third kappa shape index (κ3) is 7.50. The molecule has 3 aromatic rings. The first-order chi connectivity index (χ1) is 19.3. The van der Waals surface area contributed by atoms with Crippen LogP contribution in [-0.4, -0.2) is 51.9 Å². The van der Waals surface area contributed by atoms with Crippen molar-refractivity contribution in [3.63, 3.8) is 0 Å². The molecule has 0 unspecified atom stereocenters. The molecule has 0 heterocycles. The quantitative estimate of drug-likeness (QED) is 0.325. The van der Waals surface area contributed by atoms with Crippen LogP contribution >= 0.6 is 11.6 Å². The Kier molecular flexibility index (Phi) is 10.3. The average molecular weight is 612 g/mol. The highest BCUT2D eigenvalue weighted by molar-refractivity contribution is 7.92. The van der Waals surface area contributed by atoms with Gasteiger partial charge in [0.05, 0.1) is 28.3 Å². The van der Waals surface area contributed by atoms with Gasteiger partial charge in [-0.2, -0.15) is 13.2 Å². The third-order valence-electron chi connectivity index (χ3n) is 6.30. The number of sulfonamides is 1. The largest absolute Gasteiger partial charge is 0.497 e. The van der Waals surface area contributed by atoms with Gasteiger partial charge in [-0.3, -0.25) is 13.9 Å². The fourth-order valence-electron chi connectivity index (χ4n) is 4.15. The van der Waals surface area contributed by atoms with Crippen LogP contribution in [0.3, 0.4) is 0 Å². The predicted molar refractivity (Wildman–Crippen MR) is 149 cm³/mol. The van der Waals surface area contributed by atoms with Crippen LogP contribution in [0.2, 0.25) is 5.02 Å². The molecule has 0 radical (unpaired) electrons. The van der Waals surface area contributed by atoms with Crippen LogP contribution in [0.15, 0.2) is 77.7 Å². The van der Waals surface area contributed by atoms with Crippen molar-refractivity contribution < 1.29 is 35.9 Å². The molecule has 1 N–H and O–H groups in total. The van der Waals surface area contributed by atoms with Gasteiger partial charge in [0.1, 0.15) is 18.3 Å². The number of nitrogens with one attached hydrogen (secondary N) is 1. The van der Waals surface area contributed by atoms with Gasteiger partial charge in [-0.15, -0.1) is 0 Å². The van der Waals surface area contributed by atoms with E-state index in [2.05, 4.69) is 5.32 Å². The van der Waals surface area contributed by atoms with E-state index >= 15 is 0 Å². The van der Waals surface area contributed by atoms with Gasteiger partial charge in [-0.25, -0.2) is 8.42 Å². The Bertz CT molecular complexity index is 1470. The summed E-state index contributed by atoms with van der Waals surface area (Å²) >= 11 is 5.78. The van der Waals surface area contributed by atoms with Crippen molar-refractivity contribution >= 4 is 39.1 Å². The number of halogens is 4. The topological polar surface area (TPSA) is 96.0 Å². The summed E-state index contributed by atoms with van der Waals surface area (Å²) < 4.78 is 74.3. The van der Waals surface area contributed by atoms with E-state index in [1.807, 2.05) is 0 Å². The minimum Gasteiger partial charge on any atom is -0.497 e. The Morgan fingerprint density at radius 2 is 1.66 bits per heavy atom. The van der Waals surface area contributed by atoms with Crippen LogP contribution in [0.5, 0.6) is 5.75 Å². The van der Waals surface area contributed by atoms with E-state index < -0.39 is 56.9 Å². The number of amides is 2. The van der Waals surface area contributed by atoms with Crippen LogP contribution in [0.1, 0.15) is 24.5 Å². The second-order valence-electron chi connectivity index (χ2n) is 8.89. The summed E-state index contributed by atoms with van der Waals surface area (Å²) in [5.41, 5.74) is -1.06. The van der Waals surface area contributed by atoms with Crippen molar-refractivity contribution in [3.8, 4) is 5.75 Å². The molecule has 3 aromatic carbocycles. The lowest BCUT2D eigenvalue weighted by molar-refractivity contribution is -0.140. The van der Waals surface area contributed by atoms with Gasteiger partial charge in [-0.05, 0) is 54.4 Å². The van der Waals surface area contributed by atoms with Crippen molar-refractivity contribution in [2.45, 2.75) is 37.0 Å². The van der Waals surface area contributed by atoms with Crippen LogP contribution < -0.4 is 14.4 Å². The number of hydrogen-bond donors (Lipinski definition) is 1. The highest BCUT2D eigenvalue weighted by Crippen LogP contribution is 2.38. The SMILES string of the molecule is CC[C@H](C(=O)NC)N(Cc1ccc(OC)cc1)C(=O)CN(c1ccc(Cl)c(C(F)(F)F)c1)S(=O)(=O)c1ccccc1. The lowest BCUT2D eigenvalue weighted by Gasteiger charge is -2.33. The van der Waals surface area contributed by atoms with E-state index in [0.717, 1.165) is 12.1 Å². The summed E-state index contributed by atoms with van der Waals surface area (Å²) in [4.78, 5) is 27.6. The summed E-state index contributed by atoms with van der Waals surface area (Å²) in [6.45, 7) is 0.712. The van der Waals surface area contributed by atoms with Gasteiger partial charge in [0.2, 0.25) is 11.8 Å². The zero-order chi connectivity index (χ0) is 30.4. The van der Waals surface area contributed by atoms with E-state index in [9.17, 15) is 31.2 Å². The molecule has 0 spiro atoms. The van der Waals surface area contributed by atoms with Gasteiger partial charge < -0.3 is 15.0 Å². The first-order valence-electron chi connectivity index (χ1n) is 12.4. The molecule has 8 nitrogen and oxygen atoms in total. The van der Waals surface area contributed by atoms with Gasteiger partial charge in [0, 0.05) is 13.6 Å². The first kappa shape index (κ1) is 31.8. The number of alkyl halides is 3. The number of likely N-dealkylation sites (N-methyl/N-ethyl adjacent to an activating group) is 1. The highest BCUT2D eigenvalue weighted by Gasteiger charge is 2.37. The smallest absolute Gasteiger partial charge is 0.417 e. The molecule has 2 amide bonds. The molecule has 0 aromatic heterocycles. The minimum absolute atomic E-state index is 0.0810. The number of hydrogen-bond acceptors (Lipinski definition) is 5. The van der Waals surface area contributed by atoms with E-state index in [0.29, 0.717) is 21.7 Å². The number of carbonyl (C=O) groups is 2. The van der Waals surface area contributed by atoms with E-state index in [1.54, 1.807) is 37.3 Å². The molecule has 0 aliphatic carbocycles. The fourth-order valence-corrected chi connectivity index (χ4v) is 5.80. The Morgan fingerprint density at radius 3 is 2.20 bits per heavy atom. The number of ether oxygens (including phenoxy) is 1. The molecule has 220 valence electrons. The number of nitrogens with zero attached hydrogens (tertiary/aromatic N) is 2. The van der Waals surface area contributed by atoms with Crippen LogP contribution in [-0.2, 0) is 32.3 Å². The lowest BCUT2D eigenvalue weighted by atomic mass is 10.1. The fraction of sp³-hybridized carbons (Fsp3) is 0.286. The Balaban J connectivity index is 2.12. The Hall–Kier alpha value is -3.77. The Labute approximate surface area is 241 Å². The molecule has 13 heteroatoms. The maximum absolute atomic E-state index is 13.9. The van der Waals surface area contributed by atoms with Crippen molar-refractivity contribution in [1.29, 1.82) is 0 Å². The molecule has 0 aliphatic rings. The molecule has 41 heavy (non-hydrogen) atoms. The second-order valence-corrected chi connectivity index (χ2v) is 11.2. The number of anilines is 1. The zero-order valence-corrected chi connectivity index (χ0v) is 24.1. The first-order valence-corrected chi connectivity index (χ1v) is 14.2. The van der Waals surface area contributed by atoms with Crippen molar-refractivity contribution in [1.82, 2.24) is 10.2 Å². The van der Waals surface area contributed by atoms with E-state index in [-0.39, 0.29) is 17.9 Å². The summed E-state index contributed by atoms with van der Waals surface area (Å²) in [5, 5.41) is 1.87. The number of benzene rings is 3. The van der Waals surface area contributed by atoms with Crippen LogP contribution in [0, 0.1) is 0 Å². The maximum Gasteiger partial charge on any atom is 0.417 e. The number of methoxy groups -OCH3 is 1. The monoisotopic (exact) mass is 611 g/mol. The maximum atomic E-state index is 13.9. The van der Waals surface area contributed by atoms with Crippen molar-refractivity contribution in [2.75, 3.05) is 25.0 Å². The van der Waals surface area contributed by atoms with E-state index in [4.69, 9.17) is 16.3 Å². The standard InChI is InChI=1S/C28H29ClF3N3O5S/c1-4-25(27(37)33-2)34(17-19-10-13-21(40-3)14-11-19)26(36)18-35(41(38,39)22-8-6-5-7-9-22)20-12-15-24(29)23(16-20)28(30,31)32/h5-16,25H,4,17-18H2,1-3H3,(H,33,37)/t25-/m1/s1. The normalized spacial score (nSPS) is 12.4. The van der Waals surface area contributed by atoms with Gasteiger partial charge in [0.15, 0.2) is 0 Å². The van der Waals surface area contributed by atoms with Gasteiger partial charge in [0.25, 0.3) is 10.0 Å². The number of carbonyl (C=O) groups excluding carboxylic acids is 2. The van der Waals surface area contributed by atoms with Crippen molar-refractivity contribution in [3.05, 3.63) is 88.9 Å². The minimum atomic E-state index is -4.88. The summed E-state index contributed by atoms with van der Waals surface area (Å²) in [6.07, 6.45) is -4.70. The molecule has 0 saturated heterocycles. The lowest BCUT2D eigenvalue weighted by Crippen LogP contribution is -2.51. The van der Waals surface area contributed by atoms with Gasteiger partial charge in [-0.1, -0.05) is 48.9 Å². The molecular weight excluding hydrogens is 583 g/mol. The Morgan fingerprint density at radius 1 is 1.02 bits per heavy atom. The molecule has 3 rings (SSSR count). The summed E-state index contributed by atoms with van der Waals surface area (Å²) in [7, 11) is -1.64. The number of rotatable bonds is 11. The molecule has 0 bridgehead atoms. The van der Waals surface area contributed by atoms with Crippen molar-refractivity contribution in [2.24, 2.45) is 0 Å². The second kappa shape index (κ2) is 13.3. The summed E-state index contributed by atoms with van der Waals surface area (Å²) in [6, 6.07) is 15.3. The highest BCUT2D eigenvalue weighted by atomic mass is 35.5. The average Bonchev–Trinajstić information content (AvgIpc) is 2.96. The van der Waals surface area contributed by atoms with Crippen LogP contribution in [0.4, 0.5) is 18.9 Å². The van der Waals surface area contributed by atoms with E-state index in [1.165, 1.54) is 43.3 Å². The molecule has 1 atom stereocenters. The van der Waals surface area contributed by atoms with Gasteiger partial charge >= 0.3 is 6.18 Å².